The second-order valence-electron chi connectivity index (χ2n) is 3.44. The number of pyridine rings is 1. The third-order valence-corrected chi connectivity index (χ3v) is 2.18. The lowest BCUT2D eigenvalue weighted by atomic mass is 10.2. The molecule has 1 aromatic heterocycles. The molecule has 0 radical (unpaired) electrons. The van der Waals surface area contributed by atoms with E-state index in [1.807, 2.05) is 19.1 Å². The maximum atomic E-state index is 8.53. The molecule has 16 heavy (non-hydrogen) atoms. The van der Waals surface area contributed by atoms with Gasteiger partial charge in [-0.15, -0.1) is 6.58 Å². The SMILES string of the molecule is C=CC(C)NCc1ccnc(/C(N)=N/O)c1. The van der Waals surface area contributed by atoms with Crippen LogP contribution in [0.4, 0.5) is 0 Å². The number of oxime groups is 1. The minimum absolute atomic E-state index is 0.0126. The van der Waals surface area contributed by atoms with Crippen molar-refractivity contribution in [2.24, 2.45) is 10.9 Å². The Morgan fingerprint density at radius 3 is 3.19 bits per heavy atom. The number of nitrogens with one attached hydrogen (secondary N) is 1. The first-order valence-corrected chi connectivity index (χ1v) is 4.96. The van der Waals surface area contributed by atoms with Crippen molar-refractivity contribution in [3.63, 3.8) is 0 Å². The first-order valence-electron chi connectivity index (χ1n) is 4.96. The molecular formula is C11H16N4O. The van der Waals surface area contributed by atoms with E-state index in [1.54, 1.807) is 12.3 Å². The first-order chi connectivity index (χ1) is 7.67. The fourth-order valence-electron chi connectivity index (χ4n) is 1.14. The molecule has 0 spiro atoms. The number of amidine groups is 1. The third kappa shape index (κ3) is 3.36. The van der Waals surface area contributed by atoms with Crippen LogP contribution in [0.1, 0.15) is 18.2 Å². The van der Waals surface area contributed by atoms with Gasteiger partial charge in [-0.25, -0.2) is 0 Å². The van der Waals surface area contributed by atoms with Gasteiger partial charge in [-0.05, 0) is 24.6 Å². The Hall–Kier alpha value is -1.88. The average molecular weight is 220 g/mol. The summed E-state index contributed by atoms with van der Waals surface area (Å²) in [6.07, 6.45) is 3.45. The van der Waals surface area contributed by atoms with Gasteiger partial charge in [-0.3, -0.25) is 4.98 Å². The Morgan fingerprint density at radius 2 is 2.56 bits per heavy atom. The van der Waals surface area contributed by atoms with E-state index in [9.17, 15) is 0 Å². The third-order valence-electron chi connectivity index (χ3n) is 2.18. The van der Waals surface area contributed by atoms with Crippen LogP contribution < -0.4 is 11.1 Å². The quantitative estimate of drug-likeness (QED) is 0.226. The van der Waals surface area contributed by atoms with Crippen LogP contribution >= 0.6 is 0 Å². The van der Waals surface area contributed by atoms with Gasteiger partial charge >= 0.3 is 0 Å². The molecule has 1 atom stereocenters. The standard InChI is InChI=1S/C11H16N4O/c1-3-8(2)14-7-9-4-5-13-10(6-9)11(12)15-16/h3-6,8,14,16H,1,7H2,2H3,(H2,12,15). The molecule has 0 aliphatic carbocycles. The number of hydrogen-bond acceptors (Lipinski definition) is 4. The van der Waals surface area contributed by atoms with E-state index in [-0.39, 0.29) is 11.9 Å². The van der Waals surface area contributed by atoms with Crippen molar-refractivity contribution in [1.29, 1.82) is 0 Å². The van der Waals surface area contributed by atoms with Gasteiger partial charge in [-0.2, -0.15) is 0 Å². The van der Waals surface area contributed by atoms with Gasteiger partial charge < -0.3 is 16.3 Å². The topological polar surface area (TPSA) is 83.5 Å². The molecule has 0 saturated heterocycles. The van der Waals surface area contributed by atoms with Crippen molar-refractivity contribution in [2.45, 2.75) is 19.5 Å². The molecular weight excluding hydrogens is 204 g/mol. The maximum Gasteiger partial charge on any atom is 0.188 e. The Balaban J connectivity index is 2.71. The minimum atomic E-state index is 0.0126. The van der Waals surface area contributed by atoms with Crippen LogP contribution in [0.3, 0.4) is 0 Å². The molecule has 0 aliphatic rings. The molecule has 1 aromatic rings. The van der Waals surface area contributed by atoms with Crippen molar-refractivity contribution in [3.8, 4) is 0 Å². The molecule has 5 nitrogen and oxygen atoms in total. The Bertz CT molecular complexity index is 389. The van der Waals surface area contributed by atoms with Crippen LogP contribution in [0, 0.1) is 0 Å². The van der Waals surface area contributed by atoms with Gasteiger partial charge in [0.15, 0.2) is 5.84 Å². The predicted octanol–water partition coefficient (Wildman–Crippen LogP) is 0.840. The Morgan fingerprint density at radius 1 is 1.81 bits per heavy atom. The zero-order valence-corrected chi connectivity index (χ0v) is 9.22. The smallest absolute Gasteiger partial charge is 0.188 e. The molecule has 4 N–H and O–H groups in total. The second-order valence-corrected chi connectivity index (χ2v) is 3.44. The summed E-state index contributed by atoms with van der Waals surface area (Å²) in [6.45, 7) is 6.38. The molecule has 1 heterocycles. The number of nitrogens with zero attached hydrogens (tertiary/aromatic N) is 2. The summed E-state index contributed by atoms with van der Waals surface area (Å²) in [5.41, 5.74) is 6.93. The van der Waals surface area contributed by atoms with E-state index < -0.39 is 0 Å². The van der Waals surface area contributed by atoms with E-state index in [2.05, 4.69) is 22.0 Å². The van der Waals surface area contributed by atoms with Gasteiger partial charge in [0.1, 0.15) is 5.69 Å². The lowest BCUT2D eigenvalue weighted by Crippen LogP contribution is -2.23. The zero-order chi connectivity index (χ0) is 12.0. The van der Waals surface area contributed by atoms with E-state index in [4.69, 9.17) is 10.9 Å². The van der Waals surface area contributed by atoms with E-state index in [0.717, 1.165) is 5.56 Å². The summed E-state index contributed by atoms with van der Waals surface area (Å²) in [4.78, 5) is 3.99. The highest BCUT2D eigenvalue weighted by atomic mass is 16.4. The predicted molar refractivity (Wildman–Crippen MR) is 63.2 cm³/mol. The minimum Gasteiger partial charge on any atom is -0.409 e. The van der Waals surface area contributed by atoms with Crippen LogP contribution in [0.2, 0.25) is 0 Å². The normalized spacial score (nSPS) is 13.4. The maximum absolute atomic E-state index is 8.53. The van der Waals surface area contributed by atoms with Crippen molar-refractivity contribution in [1.82, 2.24) is 10.3 Å². The number of hydrogen-bond donors (Lipinski definition) is 3. The number of nitrogens with two attached hydrogens (primary N) is 1. The van der Waals surface area contributed by atoms with Gasteiger partial charge in [-0.1, -0.05) is 11.2 Å². The van der Waals surface area contributed by atoms with Crippen molar-refractivity contribution < 1.29 is 5.21 Å². The summed E-state index contributed by atoms with van der Waals surface area (Å²) in [7, 11) is 0. The lowest BCUT2D eigenvalue weighted by molar-refractivity contribution is 0.318. The fraction of sp³-hybridized carbons (Fsp3) is 0.273. The molecule has 0 bridgehead atoms. The lowest BCUT2D eigenvalue weighted by Gasteiger charge is -2.09. The molecule has 86 valence electrons. The highest BCUT2D eigenvalue weighted by molar-refractivity contribution is 5.95. The van der Waals surface area contributed by atoms with Gasteiger partial charge in [0.2, 0.25) is 0 Å². The van der Waals surface area contributed by atoms with Crippen LogP contribution in [0.5, 0.6) is 0 Å². The van der Waals surface area contributed by atoms with E-state index >= 15 is 0 Å². The van der Waals surface area contributed by atoms with Crippen LogP contribution in [-0.4, -0.2) is 22.1 Å². The first kappa shape index (κ1) is 12.2. The van der Waals surface area contributed by atoms with Crippen molar-refractivity contribution in [3.05, 3.63) is 42.2 Å². The summed E-state index contributed by atoms with van der Waals surface area (Å²) in [5, 5.41) is 14.7. The number of rotatable bonds is 5. The van der Waals surface area contributed by atoms with Crippen LogP contribution in [0.25, 0.3) is 0 Å². The second kappa shape index (κ2) is 5.87. The zero-order valence-electron chi connectivity index (χ0n) is 9.22. The molecule has 0 aliphatic heterocycles. The summed E-state index contributed by atoms with van der Waals surface area (Å²) in [5.74, 6) is 0.0126. The highest BCUT2D eigenvalue weighted by Crippen LogP contribution is 2.02. The average Bonchev–Trinajstić information content (AvgIpc) is 2.35. The van der Waals surface area contributed by atoms with Crippen LogP contribution in [0.15, 0.2) is 36.1 Å². The molecule has 1 rings (SSSR count). The van der Waals surface area contributed by atoms with Crippen LogP contribution in [-0.2, 0) is 6.54 Å². The van der Waals surface area contributed by atoms with E-state index in [0.29, 0.717) is 12.2 Å². The van der Waals surface area contributed by atoms with E-state index in [1.165, 1.54) is 0 Å². The molecule has 5 heteroatoms. The molecule has 0 aromatic carbocycles. The van der Waals surface area contributed by atoms with Gasteiger partial charge in [0.25, 0.3) is 0 Å². The monoisotopic (exact) mass is 220 g/mol. The van der Waals surface area contributed by atoms with Gasteiger partial charge in [0.05, 0.1) is 0 Å². The van der Waals surface area contributed by atoms with Gasteiger partial charge in [0, 0.05) is 18.8 Å². The molecule has 0 amide bonds. The summed E-state index contributed by atoms with van der Waals surface area (Å²) < 4.78 is 0. The summed E-state index contributed by atoms with van der Waals surface area (Å²) >= 11 is 0. The Kier molecular flexibility index (Phi) is 4.47. The number of aromatic nitrogens is 1. The summed E-state index contributed by atoms with van der Waals surface area (Å²) in [6, 6.07) is 3.88. The molecule has 1 unspecified atom stereocenters. The Labute approximate surface area is 94.7 Å². The molecule has 0 fully saturated rings. The fourth-order valence-corrected chi connectivity index (χ4v) is 1.14. The largest absolute Gasteiger partial charge is 0.409 e. The highest BCUT2D eigenvalue weighted by Gasteiger charge is 2.02. The molecule has 0 saturated carbocycles. The van der Waals surface area contributed by atoms with Crippen molar-refractivity contribution >= 4 is 5.84 Å². The van der Waals surface area contributed by atoms with Crippen molar-refractivity contribution in [2.75, 3.05) is 0 Å².